The zero-order valence-corrected chi connectivity index (χ0v) is 12.9. The molecule has 9 heteroatoms. The van der Waals surface area contributed by atoms with Gasteiger partial charge < -0.3 is 10.1 Å². The number of anilines is 1. The molecule has 2 rings (SSSR count). The van der Waals surface area contributed by atoms with Crippen LogP contribution in [-0.4, -0.2) is 17.0 Å². The van der Waals surface area contributed by atoms with Gasteiger partial charge in [0.2, 0.25) is 0 Å². The fourth-order valence-corrected chi connectivity index (χ4v) is 2.18. The summed E-state index contributed by atoms with van der Waals surface area (Å²) in [7, 11) is 1.35. The number of non-ortho nitro benzene ring substituents is 1. The number of rotatable bonds is 6. The van der Waals surface area contributed by atoms with Crippen molar-refractivity contribution in [3.05, 3.63) is 68.0 Å². The first-order chi connectivity index (χ1) is 11.3. The first-order valence-electron chi connectivity index (χ1n) is 6.86. The largest absolute Gasteiger partial charge is 0.494 e. The third-order valence-electron chi connectivity index (χ3n) is 3.44. The molecule has 24 heavy (non-hydrogen) atoms. The number of ether oxygens (including phenoxy) is 1. The molecule has 0 aliphatic rings. The van der Waals surface area contributed by atoms with Gasteiger partial charge in [0.15, 0.2) is 11.6 Å². The van der Waals surface area contributed by atoms with E-state index in [1.165, 1.54) is 25.3 Å². The van der Waals surface area contributed by atoms with Gasteiger partial charge in [-0.2, -0.15) is 0 Å². The van der Waals surface area contributed by atoms with Gasteiger partial charge in [-0.3, -0.25) is 20.2 Å². The van der Waals surface area contributed by atoms with Crippen molar-refractivity contribution in [1.29, 1.82) is 0 Å². The number of halogens is 1. The number of nitro groups is 2. The lowest BCUT2D eigenvalue weighted by Crippen LogP contribution is -2.09. The quantitative estimate of drug-likeness (QED) is 0.635. The Labute approximate surface area is 136 Å². The Bertz CT molecular complexity index is 797. The van der Waals surface area contributed by atoms with Crippen molar-refractivity contribution in [3.63, 3.8) is 0 Å². The minimum absolute atomic E-state index is 0.0901. The number of hydrogen-bond donors (Lipinski definition) is 1. The SMILES string of the molecule is COc1ccc([C@H](C)Nc2ccc([N+](=O)[O-])cc2[N+](=O)[O-])cc1F. The summed E-state index contributed by atoms with van der Waals surface area (Å²) in [5, 5.41) is 24.7. The Morgan fingerprint density at radius 3 is 2.38 bits per heavy atom. The van der Waals surface area contributed by atoms with Gasteiger partial charge >= 0.3 is 0 Å². The Kier molecular flexibility index (Phi) is 4.93. The average molecular weight is 335 g/mol. The molecule has 0 heterocycles. The molecule has 126 valence electrons. The van der Waals surface area contributed by atoms with E-state index in [4.69, 9.17) is 4.74 Å². The lowest BCUT2D eigenvalue weighted by atomic mass is 10.1. The summed E-state index contributed by atoms with van der Waals surface area (Å²) in [6.07, 6.45) is 0. The smallest absolute Gasteiger partial charge is 0.299 e. The van der Waals surface area contributed by atoms with Crippen LogP contribution in [0.25, 0.3) is 0 Å². The number of nitrogens with one attached hydrogen (secondary N) is 1. The van der Waals surface area contributed by atoms with Gasteiger partial charge in [0, 0.05) is 12.1 Å². The van der Waals surface area contributed by atoms with Crippen LogP contribution in [0, 0.1) is 26.0 Å². The second-order valence-corrected chi connectivity index (χ2v) is 4.98. The second kappa shape index (κ2) is 6.90. The summed E-state index contributed by atoms with van der Waals surface area (Å²) in [5.41, 5.74) is -0.157. The van der Waals surface area contributed by atoms with Gasteiger partial charge in [-0.05, 0) is 30.7 Å². The molecule has 0 aromatic heterocycles. The van der Waals surface area contributed by atoms with Crippen LogP contribution < -0.4 is 10.1 Å². The average Bonchev–Trinajstić information content (AvgIpc) is 2.54. The van der Waals surface area contributed by atoms with Gasteiger partial charge in [-0.25, -0.2) is 4.39 Å². The molecule has 0 saturated carbocycles. The van der Waals surface area contributed by atoms with Crippen molar-refractivity contribution in [2.24, 2.45) is 0 Å². The summed E-state index contributed by atoms with van der Waals surface area (Å²) in [6.45, 7) is 1.69. The molecular weight excluding hydrogens is 321 g/mol. The molecule has 0 spiro atoms. The lowest BCUT2D eigenvalue weighted by molar-refractivity contribution is -0.393. The molecule has 0 unspecified atom stereocenters. The third kappa shape index (κ3) is 3.57. The number of benzene rings is 2. The Morgan fingerprint density at radius 2 is 1.83 bits per heavy atom. The minimum Gasteiger partial charge on any atom is -0.494 e. The molecule has 0 amide bonds. The molecule has 0 bridgehead atoms. The summed E-state index contributed by atoms with van der Waals surface area (Å²) < 4.78 is 18.6. The molecule has 0 saturated heterocycles. The molecule has 2 aromatic carbocycles. The lowest BCUT2D eigenvalue weighted by Gasteiger charge is -2.16. The minimum atomic E-state index is -0.712. The van der Waals surface area contributed by atoms with Crippen LogP contribution in [0.15, 0.2) is 36.4 Å². The third-order valence-corrected chi connectivity index (χ3v) is 3.44. The summed E-state index contributed by atoms with van der Waals surface area (Å²) in [5.74, 6) is -0.464. The standard InChI is InChI=1S/C15H14FN3O5/c1-9(10-3-6-15(24-2)12(16)7-10)17-13-5-4-11(18(20)21)8-14(13)19(22)23/h3-9,17H,1-2H3/t9-/m0/s1. The Morgan fingerprint density at radius 1 is 1.12 bits per heavy atom. The topological polar surface area (TPSA) is 108 Å². The Balaban J connectivity index is 2.31. The number of hydrogen-bond acceptors (Lipinski definition) is 6. The van der Waals surface area contributed by atoms with Gasteiger partial charge in [0.25, 0.3) is 11.4 Å². The van der Waals surface area contributed by atoms with Crippen LogP contribution in [0.5, 0.6) is 5.75 Å². The van der Waals surface area contributed by atoms with E-state index in [0.717, 1.165) is 12.1 Å². The fourth-order valence-electron chi connectivity index (χ4n) is 2.18. The van der Waals surface area contributed by atoms with Gasteiger partial charge in [-0.15, -0.1) is 0 Å². The van der Waals surface area contributed by atoms with E-state index in [0.29, 0.717) is 5.56 Å². The van der Waals surface area contributed by atoms with Crippen molar-refractivity contribution in [2.45, 2.75) is 13.0 Å². The van der Waals surface area contributed by atoms with Crippen LogP contribution >= 0.6 is 0 Å². The molecule has 0 aliphatic heterocycles. The summed E-state index contributed by atoms with van der Waals surface area (Å²) in [6, 6.07) is 7.16. The molecule has 2 aromatic rings. The van der Waals surface area contributed by atoms with Crippen LogP contribution in [0.2, 0.25) is 0 Å². The first kappa shape index (κ1) is 17.1. The summed E-state index contributed by atoms with van der Waals surface area (Å²) >= 11 is 0. The van der Waals surface area contributed by atoms with Gasteiger partial charge in [0.1, 0.15) is 5.69 Å². The van der Waals surface area contributed by atoms with E-state index >= 15 is 0 Å². The van der Waals surface area contributed by atoms with Crippen molar-refractivity contribution >= 4 is 17.1 Å². The van der Waals surface area contributed by atoms with E-state index < -0.39 is 27.4 Å². The highest BCUT2D eigenvalue weighted by molar-refractivity contribution is 5.66. The molecule has 0 radical (unpaired) electrons. The predicted octanol–water partition coefficient (Wildman–Crippen LogP) is 3.82. The highest BCUT2D eigenvalue weighted by Gasteiger charge is 2.21. The highest BCUT2D eigenvalue weighted by atomic mass is 19.1. The zero-order valence-electron chi connectivity index (χ0n) is 12.9. The second-order valence-electron chi connectivity index (χ2n) is 4.98. The predicted molar refractivity (Wildman–Crippen MR) is 84.7 cm³/mol. The van der Waals surface area contributed by atoms with E-state index in [-0.39, 0.29) is 17.1 Å². The van der Waals surface area contributed by atoms with Crippen LogP contribution in [0.4, 0.5) is 21.5 Å². The first-order valence-corrected chi connectivity index (χ1v) is 6.86. The molecular formula is C15H14FN3O5. The molecule has 1 N–H and O–H groups in total. The van der Waals surface area contributed by atoms with Crippen molar-refractivity contribution in [1.82, 2.24) is 0 Å². The fraction of sp³-hybridized carbons (Fsp3) is 0.200. The normalized spacial score (nSPS) is 11.6. The van der Waals surface area contributed by atoms with Gasteiger partial charge in [-0.1, -0.05) is 6.07 Å². The number of nitrogens with zero attached hydrogens (tertiary/aromatic N) is 2. The molecule has 0 fully saturated rings. The van der Waals surface area contributed by atoms with Crippen molar-refractivity contribution < 1.29 is 19.0 Å². The van der Waals surface area contributed by atoms with Crippen LogP contribution in [0.3, 0.4) is 0 Å². The molecule has 8 nitrogen and oxygen atoms in total. The van der Waals surface area contributed by atoms with E-state index in [1.807, 2.05) is 0 Å². The maximum absolute atomic E-state index is 13.8. The maximum atomic E-state index is 13.8. The Hall–Kier alpha value is -3.23. The van der Waals surface area contributed by atoms with Gasteiger partial charge in [0.05, 0.1) is 23.0 Å². The highest BCUT2D eigenvalue weighted by Crippen LogP contribution is 2.32. The molecule has 1 atom stereocenters. The van der Waals surface area contributed by atoms with Crippen molar-refractivity contribution in [3.8, 4) is 5.75 Å². The number of methoxy groups -OCH3 is 1. The van der Waals surface area contributed by atoms with E-state index in [1.54, 1.807) is 13.0 Å². The van der Waals surface area contributed by atoms with Crippen LogP contribution in [-0.2, 0) is 0 Å². The van der Waals surface area contributed by atoms with Crippen LogP contribution in [0.1, 0.15) is 18.5 Å². The number of nitro benzene ring substituents is 2. The monoisotopic (exact) mass is 335 g/mol. The zero-order chi connectivity index (χ0) is 17.9. The maximum Gasteiger partial charge on any atom is 0.299 e. The molecule has 0 aliphatic carbocycles. The van der Waals surface area contributed by atoms with Crippen molar-refractivity contribution in [2.75, 3.05) is 12.4 Å². The summed E-state index contributed by atoms with van der Waals surface area (Å²) in [4.78, 5) is 20.4. The van der Waals surface area contributed by atoms with E-state index in [9.17, 15) is 24.6 Å². The van der Waals surface area contributed by atoms with E-state index in [2.05, 4.69) is 5.32 Å².